The van der Waals surface area contributed by atoms with Crippen LogP contribution in [0.3, 0.4) is 0 Å². The minimum Gasteiger partial charge on any atom is -0.469 e. The van der Waals surface area contributed by atoms with Gasteiger partial charge in [0.05, 0.1) is 7.11 Å². The third-order valence-corrected chi connectivity index (χ3v) is 2.33. The lowest BCUT2D eigenvalue weighted by Gasteiger charge is -2.06. The Kier molecular flexibility index (Phi) is 4.17. The Bertz CT molecular complexity index is 305. The van der Waals surface area contributed by atoms with Crippen LogP contribution in [-0.4, -0.2) is 13.1 Å². The average molecular weight is 192 g/mol. The van der Waals surface area contributed by atoms with Crippen molar-refractivity contribution in [3.8, 4) is 0 Å². The van der Waals surface area contributed by atoms with Gasteiger partial charge in [-0.1, -0.05) is 31.2 Å². The van der Waals surface area contributed by atoms with Crippen molar-refractivity contribution in [1.29, 1.82) is 0 Å². The molecule has 76 valence electrons. The second-order valence-electron chi connectivity index (χ2n) is 3.20. The average Bonchev–Trinajstić information content (AvgIpc) is 2.26. The molecule has 2 heteroatoms. The predicted octanol–water partition coefficient (Wildman–Crippen LogP) is 2.35. The number of benzene rings is 1. The number of aryl methyl sites for hydroxylation is 2. The van der Waals surface area contributed by atoms with Crippen LogP contribution in [0.2, 0.25) is 0 Å². The summed E-state index contributed by atoms with van der Waals surface area (Å²) in [4.78, 5) is 11.0. The molecule has 0 spiro atoms. The van der Waals surface area contributed by atoms with Gasteiger partial charge >= 0.3 is 5.97 Å². The van der Waals surface area contributed by atoms with Gasteiger partial charge in [0, 0.05) is 6.42 Å². The maximum Gasteiger partial charge on any atom is 0.305 e. The van der Waals surface area contributed by atoms with Gasteiger partial charge in [0.2, 0.25) is 0 Å². The lowest BCUT2D eigenvalue weighted by atomic mass is 10.0. The first-order valence-corrected chi connectivity index (χ1v) is 4.91. The first-order chi connectivity index (χ1) is 6.77. The number of rotatable bonds is 4. The molecule has 0 saturated carbocycles. The summed E-state index contributed by atoms with van der Waals surface area (Å²) in [7, 11) is 1.42. The van der Waals surface area contributed by atoms with Crippen molar-refractivity contribution in [2.75, 3.05) is 7.11 Å². The van der Waals surface area contributed by atoms with Crippen molar-refractivity contribution in [2.24, 2.45) is 0 Å². The molecule has 0 fully saturated rings. The van der Waals surface area contributed by atoms with E-state index in [0.29, 0.717) is 6.42 Å². The van der Waals surface area contributed by atoms with Crippen LogP contribution in [0.1, 0.15) is 24.5 Å². The topological polar surface area (TPSA) is 26.3 Å². The van der Waals surface area contributed by atoms with E-state index in [9.17, 15) is 4.79 Å². The number of carbonyl (C=O) groups is 1. The van der Waals surface area contributed by atoms with Crippen LogP contribution in [0.4, 0.5) is 0 Å². The Morgan fingerprint density at radius 3 is 2.50 bits per heavy atom. The molecule has 2 nitrogen and oxygen atoms in total. The quantitative estimate of drug-likeness (QED) is 0.684. The van der Waals surface area contributed by atoms with Gasteiger partial charge in [-0.2, -0.15) is 0 Å². The maximum absolute atomic E-state index is 11.0. The Morgan fingerprint density at radius 2 is 1.93 bits per heavy atom. The van der Waals surface area contributed by atoms with Gasteiger partial charge in [0.25, 0.3) is 0 Å². The minimum absolute atomic E-state index is 0.143. The fourth-order valence-electron chi connectivity index (χ4n) is 1.49. The highest BCUT2D eigenvalue weighted by molar-refractivity contribution is 5.69. The van der Waals surface area contributed by atoms with Gasteiger partial charge in [-0.3, -0.25) is 4.79 Å². The van der Waals surface area contributed by atoms with Crippen molar-refractivity contribution >= 4 is 5.97 Å². The third-order valence-electron chi connectivity index (χ3n) is 2.33. The Hall–Kier alpha value is -1.31. The molecule has 0 amide bonds. The molecule has 0 saturated heterocycles. The molecule has 0 aliphatic heterocycles. The number of methoxy groups -OCH3 is 1. The van der Waals surface area contributed by atoms with Crippen LogP contribution in [-0.2, 0) is 22.4 Å². The summed E-state index contributed by atoms with van der Waals surface area (Å²) in [5.74, 6) is -0.143. The SMILES string of the molecule is CCc1ccccc1CCC(=O)OC. The van der Waals surface area contributed by atoms with E-state index in [1.54, 1.807) is 0 Å². The van der Waals surface area contributed by atoms with E-state index in [2.05, 4.69) is 23.8 Å². The summed E-state index contributed by atoms with van der Waals surface area (Å²) in [6, 6.07) is 8.21. The van der Waals surface area contributed by atoms with Crippen LogP contribution < -0.4 is 0 Å². The molecule has 0 heterocycles. The highest BCUT2D eigenvalue weighted by Crippen LogP contribution is 2.11. The predicted molar refractivity (Wildman–Crippen MR) is 56.2 cm³/mol. The first kappa shape index (κ1) is 10.8. The molecule has 0 aliphatic rings. The Balaban J connectivity index is 2.61. The zero-order valence-corrected chi connectivity index (χ0v) is 8.75. The maximum atomic E-state index is 11.0. The summed E-state index contributed by atoms with van der Waals surface area (Å²) in [6.45, 7) is 2.12. The molecule has 0 atom stereocenters. The Morgan fingerprint density at radius 1 is 1.29 bits per heavy atom. The van der Waals surface area contributed by atoms with Gasteiger partial charge in [0.15, 0.2) is 0 Å². The van der Waals surface area contributed by atoms with Crippen molar-refractivity contribution in [3.05, 3.63) is 35.4 Å². The molecule has 0 bridgehead atoms. The fourth-order valence-corrected chi connectivity index (χ4v) is 1.49. The van der Waals surface area contributed by atoms with Crippen LogP contribution in [0.15, 0.2) is 24.3 Å². The van der Waals surface area contributed by atoms with Gasteiger partial charge < -0.3 is 4.74 Å². The van der Waals surface area contributed by atoms with E-state index < -0.39 is 0 Å². The molecular formula is C12H16O2. The third kappa shape index (κ3) is 2.87. The van der Waals surface area contributed by atoms with Crippen LogP contribution in [0.5, 0.6) is 0 Å². The van der Waals surface area contributed by atoms with Crippen molar-refractivity contribution < 1.29 is 9.53 Å². The normalized spacial score (nSPS) is 9.86. The van der Waals surface area contributed by atoms with Gasteiger partial charge in [-0.15, -0.1) is 0 Å². The number of hydrogen-bond acceptors (Lipinski definition) is 2. The van der Waals surface area contributed by atoms with E-state index in [4.69, 9.17) is 0 Å². The highest BCUT2D eigenvalue weighted by Gasteiger charge is 2.03. The molecular weight excluding hydrogens is 176 g/mol. The molecule has 0 aromatic heterocycles. The lowest BCUT2D eigenvalue weighted by molar-refractivity contribution is -0.140. The smallest absolute Gasteiger partial charge is 0.305 e. The lowest BCUT2D eigenvalue weighted by Crippen LogP contribution is -2.03. The second-order valence-corrected chi connectivity index (χ2v) is 3.20. The molecule has 0 unspecified atom stereocenters. The van der Waals surface area contributed by atoms with Crippen LogP contribution >= 0.6 is 0 Å². The van der Waals surface area contributed by atoms with Crippen molar-refractivity contribution in [2.45, 2.75) is 26.2 Å². The van der Waals surface area contributed by atoms with Gasteiger partial charge in [-0.05, 0) is 24.0 Å². The van der Waals surface area contributed by atoms with E-state index >= 15 is 0 Å². The molecule has 0 radical (unpaired) electrons. The minimum atomic E-state index is -0.143. The highest BCUT2D eigenvalue weighted by atomic mass is 16.5. The van der Waals surface area contributed by atoms with Crippen molar-refractivity contribution in [1.82, 2.24) is 0 Å². The fraction of sp³-hybridized carbons (Fsp3) is 0.417. The standard InChI is InChI=1S/C12H16O2/c1-3-10-6-4-5-7-11(10)8-9-12(13)14-2/h4-7H,3,8-9H2,1-2H3. The molecule has 0 N–H and O–H groups in total. The van der Waals surface area contributed by atoms with Gasteiger partial charge in [-0.25, -0.2) is 0 Å². The second kappa shape index (κ2) is 5.43. The largest absolute Gasteiger partial charge is 0.469 e. The monoisotopic (exact) mass is 192 g/mol. The summed E-state index contributed by atoms with van der Waals surface area (Å²) in [6.07, 6.45) is 2.25. The number of esters is 1. The number of carbonyl (C=O) groups excluding carboxylic acids is 1. The van der Waals surface area contributed by atoms with Crippen molar-refractivity contribution in [3.63, 3.8) is 0 Å². The number of ether oxygens (including phenoxy) is 1. The molecule has 14 heavy (non-hydrogen) atoms. The van der Waals surface area contributed by atoms with E-state index in [1.165, 1.54) is 18.2 Å². The van der Waals surface area contributed by atoms with E-state index in [0.717, 1.165) is 12.8 Å². The zero-order valence-electron chi connectivity index (χ0n) is 8.75. The summed E-state index contributed by atoms with van der Waals surface area (Å²) in [5.41, 5.74) is 2.57. The summed E-state index contributed by atoms with van der Waals surface area (Å²) in [5, 5.41) is 0. The Labute approximate surface area is 84.9 Å². The summed E-state index contributed by atoms with van der Waals surface area (Å²) >= 11 is 0. The zero-order chi connectivity index (χ0) is 10.4. The van der Waals surface area contributed by atoms with Crippen LogP contribution in [0.25, 0.3) is 0 Å². The summed E-state index contributed by atoms with van der Waals surface area (Å²) < 4.78 is 4.61. The first-order valence-electron chi connectivity index (χ1n) is 4.91. The van der Waals surface area contributed by atoms with E-state index in [-0.39, 0.29) is 5.97 Å². The molecule has 1 aromatic carbocycles. The van der Waals surface area contributed by atoms with Gasteiger partial charge in [0.1, 0.15) is 0 Å². The number of hydrogen-bond donors (Lipinski definition) is 0. The molecule has 1 rings (SSSR count). The van der Waals surface area contributed by atoms with Crippen LogP contribution in [0, 0.1) is 0 Å². The molecule has 0 aliphatic carbocycles. The molecule has 1 aromatic rings. The van der Waals surface area contributed by atoms with E-state index in [1.807, 2.05) is 12.1 Å².